The molecule has 0 fully saturated rings. The number of phenols is 1. The first-order valence-electron chi connectivity index (χ1n) is 5.65. The number of hydrogen-bond donors (Lipinski definition) is 1. The third kappa shape index (κ3) is 3.38. The lowest BCUT2D eigenvalue weighted by molar-refractivity contribution is 0.376. The molecule has 2 nitrogen and oxygen atoms in total. The van der Waals surface area contributed by atoms with Gasteiger partial charge in [-0.15, -0.1) is 0 Å². The molecule has 16 heavy (non-hydrogen) atoms. The van der Waals surface area contributed by atoms with E-state index in [1.807, 2.05) is 12.1 Å². The molecule has 0 aliphatic rings. The van der Waals surface area contributed by atoms with Gasteiger partial charge in [0, 0.05) is 6.54 Å². The summed E-state index contributed by atoms with van der Waals surface area (Å²) < 4.78 is 0. The molecule has 1 aromatic rings. The van der Waals surface area contributed by atoms with Crippen LogP contribution in [0.5, 0.6) is 5.75 Å². The van der Waals surface area contributed by atoms with Crippen molar-refractivity contribution >= 4 is 5.57 Å². The van der Waals surface area contributed by atoms with Crippen molar-refractivity contribution in [1.29, 1.82) is 0 Å². The van der Waals surface area contributed by atoms with Crippen LogP contribution in [0.15, 0.2) is 30.3 Å². The number of aromatic hydroxyl groups is 1. The average Bonchev–Trinajstić information content (AvgIpc) is 2.21. The van der Waals surface area contributed by atoms with E-state index in [9.17, 15) is 5.11 Å². The van der Waals surface area contributed by atoms with Crippen molar-refractivity contribution in [2.24, 2.45) is 5.92 Å². The topological polar surface area (TPSA) is 23.5 Å². The normalized spacial score (nSPS) is 14.2. The van der Waals surface area contributed by atoms with E-state index in [4.69, 9.17) is 0 Å². The molecule has 1 aromatic carbocycles. The minimum atomic E-state index is 0.319. The van der Waals surface area contributed by atoms with Gasteiger partial charge in [0.15, 0.2) is 0 Å². The second-order valence-corrected chi connectivity index (χ2v) is 4.45. The Morgan fingerprint density at radius 3 is 2.31 bits per heavy atom. The molecule has 1 N–H and O–H groups in total. The van der Waals surface area contributed by atoms with Crippen LogP contribution in [0.4, 0.5) is 0 Å². The van der Waals surface area contributed by atoms with Crippen molar-refractivity contribution in [3.05, 3.63) is 35.9 Å². The summed E-state index contributed by atoms with van der Waals surface area (Å²) in [5.74, 6) is 0.809. The molecule has 0 saturated heterocycles. The van der Waals surface area contributed by atoms with Crippen LogP contribution >= 0.6 is 0 Å². The highest BCUT2D eigenvalue weighted by atomic mass is 16.3. The van der Waals surface area contributed by atoms with Gasteiger partial charge >= 0.3 is 0 Å². The summed E-state index contributed by atoms with van der Waals surface area (Å²) in [4.78, 5) is 2.19. The first-order valence-corrected chi connectivity index (χ1v) is 5.65. The maximum atomic E-state index is 9.27. The molecule has 0 aromatic heterocycles. The van der Waals surface area contributed by atoms with E-state index in [0.717, 1.165) is 6.54 Å². The van der Waals surface area contributed by atoms with Crippen molar-refractivity contribution in [1.82, 2.24) is 4.90 Å². The van der Waals surface area contributed by atoms with Gasteiger partial charge in [-0.2, -0.15) is 0 Å². The van der Waals surface area contributed by atoms with Gasteiger partial charge in [-0.1, -0.05) is 25.1 Å². The molecule has 0 aliphatic heterocycles. The monoisotopic (exact) mass is 219 g/mol. The lowest BCUT2D eigenvalue weighted by Gasteiger charge is -2.20. The highest BCUT2D eigenvalue weighted by molar-refractivity contribution is 5.67. The number of nitrogens with zero attached hydrogens (tertiary/aromatic N) is 1. The Balaban J connectivity index is 2.87. The lowest BCUT2D eigenvalue weighted by atomic mass is 9.93. The van der Waals surface area contributed by atoms with Crippen molar-refractivity contribution in [3.8, 4) is 5.75 Å². The summed E-state index contributed by atoms with van der Waals surface area (Å²) in [6, 6.07) is 7.41. The minimum absolute atomic E-state index is 0.319. The SMILES string of the molecule is C/C=C(\c1ccc(O)cc1)C(C)CN(C)C. The number of benzene rings is 1. The van der Waals surface area contributed by atoms with E-state index >= 15 is 0 Å². The molecule has 0 saturated carbocycles. The zero-order valence-electron chi connectivity index (χ0n) is 10.6. The molecule has 0 heterocycles. The molecule has 0 aliphatic carbocycles. The van der Waals surface area contributed by atoms with Crippen molar-refractivity contribution in [2.45, 2.75) is 13.8 Å². The van der Waals surface area contributed by atoms with Gasteiger partial charge < -0.3 is 10.0 Å². The van der Waals surface area contributed by atoms with E-state index in [2.05, 4.69) is 38.9 Å². The second kappa shape index (κ2) is 5.71. The number of phenolic OH excluding ortho intramolecular Hbond substituents is 1. The van der Waals surface area contributed by atoms with Crippen LogP contribution in [-0.2, 0) is 0 Å². The van der Waals surface area contributed by atoms with Crippen LogP contribution in [-0.4, -0.2) is 30.6 Å². The van der Waals surface area contributed by atoms with E-state index in [-0.39, 0.29) is 0 Å². The van der Waals surface area contributed by atoms with Crippen molar-refractivity contribution in [2.75, 3.05) is 20.6 Å². The molecule has 0 radical (unpaired) electrons. The highest BCUT2D eigenvalue weighted by Gasteiger charge is 2.11. The van der Waals surface area contributed by atoms with Gasteiger partial charge in [-0.05, 0) is 50.2 Å². The third-order valence-electron chi connectivity index (χ3n) is 2.68. The molecule has 88 valence electrons. The average molecular weight is 219 g/mol. The first kappa shape index (κ1) is 12.8. The predicted octanol–water partition coefficient (Wildman–Crippen LogP) is 2.99. The van der Waals surface area contributed by atoms with E-state index in [0.29, 0.717) is 11.7 Å². The van der Waals surface area contributed by atoms with Crippen LogP contribution in [0.3, 0.4) is 0 Å². The van der Waals surface area contributed by atoms with Crippen molar-refractivity contribution < 1.29 is 5.11 Å². The Morgan fingerprint density at radius 2 is 1.88 bits per heavy atom. The quantitative estimate of drug-likeness (QED) is 0.841. The first-order chi connectivity index (χ1) is 7.54. The Labute approximate surface area is 98.2 Å². The Hall–Kier alpha value is -1.28. The standard InChI is InChI=1S/C14H21NO/c1-5-14(11(2)10-15(3)4)12-6-8-13(16)9-7-12/h5-9,11,16H,10H2,1-4H3/b14-5-. The highest BCUT2D eigenvalue weighted by Crippen LogP contribution is 2.25. The molecular formula is C14H21NO. The molecule has 0 bridgehead atoms. The molecule has 1 unspecified atom stereocenters. The fourth-order valence-electron chi connectivity index (χ4n) is 2.04. The van der Waals surface area contributed by atoms with Gasteiger partial charge in [-0.25, -0.2) is 0 Å². The Morgan fingerprint density at radius 1 is 1.31 bits per heavy atom. The fraction of sp³-hybridized carbons (Fsp3) is 0.429. The predicted molar refractivity (Wildman–Crippen MR) is 69.5 cm³/mol. The molecule has 2 heteroatoms. The summed E-state index contributed by atoms with van der Waals surface area (Å²) in [6.45, 7) is 5.32. The molecule has 0 spiro atoms. The molecular weight excluding hydrogens is 198 g/mol. The Kier molecular flexibility index (Phi) is 4.56. The molecule has 1 atom stereocenters. The lowest BCUT2D eigenvalue weighted by Crippen LogP contribution is -2.20. The van der Waals surface area contributed by atoms with Crippen LogP contribution < -0.4 is 0 Å². The largest absolute Gasteiger partial charge is 0.508 e. The van der Waals surface area contributed by atoms with Crippen LogP contribution in [0.2, 0.25) is 0 Å². The smallest absolute Gasteiger partial charge is 0.115 e. The number of hydrogen-bond acceptors (Lipinski definition) is 2. The summed E-state index contributed by atoms with van der Waals surface area (Å²) in [5, 5.41) is 9.27. The number of rotatable bonds is 4. The van der Waals surface area contributed by atoms with Gasteiger partial charge in [0.1, 0.15) is 5.75 Å². The summed E-state index contributed by atoms with van der Waals surface area (Å²) in [5.41, 5.74) is 2.52. The Bertz CT molecular complexity index is 352. The minimum Gasteiger partial charge on any atom is -0.508 e. The fourth-order valence-corrected chi connectivity index (χ4v) is 2.04. The van der Waals surface area contributed by atoms with Gasteiger partial charge in [-0.3, -0.25) is 0 Å². The van der Waals surface area contributed by atoms with Gasteiger partial charge in [0.05, 0.1) is 0 Å². The van der Waals surface area contributed by atoms with Crippen LogP contribution in [0, 0.1) is 5.92 Å². The van der Waals surface area contributed by atoms with Gasteiger partial charge in [0.2, 0.25) is 0 Å². The summed E-state index contributed by atoms with van der Waals surface area (Å²) >= 11 is 0. The van der Waals surface area contributed by atoms with E-state index in [1.165, 1.54) is 11.1 Å². The van der Waals surface area contributed by atoms with Crippen molar-refractivity contribution in [3.63, 3.8) is 0 Å². The van der Waals surface area contributed by atoms with E-state index in [1.54, 1.807) is 12.1 Å². The zero-order valence-corrected chi connectivity index (χ0v) is 10.6. The maximum Gasteiger partial charge on any atom is 0.115 e. The van der Waals surface area contributed by atoms with E-state index < -0.39 is 0 Å². The van der Waals surface area contributed by atoms with Crippen LogP contribution in [0.1, 0.15) is 19.4 Å². The zero-order chi connectivity index (χ0) is 12.1. The summed E-state index contributed by atoms with van der Waals surface area (Å²) in [6.07, 6.45) is 2.15. The molecule has 1 rings (SSSR count). The second-order valence-electron chi connectivity index (χ2n) is 4.45. The third-order valence-corrected chi connectivity index (χ3v) is 2.68. The number of allylic oxidation sites excluding steroid dienone is 1. The van der Waals surface area contributed by atoms with Crippen LogP contribution in [0.25, 0.3) is 5.57 Å². The van der Waals surface area contributed by atoms with Gasteiger partial charge in [0.25, 0.3) is 0 Å². The molecule has 0 amide bonds. The maximum absolute atomic E-state index is 9.27. The summed E-state index contributed by atoms with van der Waals surface area (Å²) in [7, 11) is 4.17.